The highest BCUT2D eigenvalue weighted by Gasteiger charge is 1.81. The Morgan fingerprint density at radius 2 is 2.38 bits per heavy atom. The minimum atomic E-state index is -0.394. The number of halogens is 1. The van der Waals surface area contributed by atoms with Crippen LogP contribution in [0.4, 0.5) is 4.39 Å². The third-order valence-corrected chi connectivity index (χ3v) is 0.613. The second-order valence-corrected chi connectivity index (χ2v) is 1.30. The first-order valence-electron chi connectivity index (χ1n) is 2.64. The van der Waals surface area contributed by atoms with Crippen molar-refractivity contribution in [3.63, 3.8) is 0 Å². The van der Waals surface area contributed by atoms with Crippen molar-refractivity contribution in [3.05, 3.63) is 12.2 Å². The number of aliphatic imine (C=N–C) groups is 1. The Hall–Kier alpha value is -0.660. The number of hydrogen-bond acceptors (Lipinski definition) is 1. The Kier molecular flexibility index (Phi) is 4.13. The van der Waals surface area contributed by atoms with Crippen LogP contribution in [0.5, 0.6) is 0 Å². The smallest absolute Gasteiger partial charge is 0.207 e. The minimum absolute atomic E-state index is 0.394. The van der Waals surface area contributed by atoms with Crippen LogP contribution in [-0.4, -0.2) is 12.5 Å². The first kappa shape index (κ1) is 7.34. The van der Waals surface area contributed by atoms with Gasteiger partial charge in [-0.2, -0.15) is 4.39 Å². The van der Waals surface area contributed by atoms with Gasteiger partial charge in [-0.15, -0.1) is 0 Å². The van der Waals surface area contributed by atoms with Crippen LogP contribution in [0.3, 0.4) is 0 Å². The predicted molar refractivity (Wildman–Crippen MR) is 33.9 cm³/mol. The third-order valence-electron chi connectivity index (χ3n) is 0.613. The largest absolute Gasteiger partial charge is 0.258 e. The number of nitrogens with zero attached hydrogens (tertiary/aromatic N) is 1. The fourth-order valence-electron chi connectivity index (χ4n) is 0.341. The lowest BCUT2D eigenvalue weighted by Crippen LogP contribution is -1.81. The Bertz CT molecular complexity index is 105. The molecule has 0 rings (SSSR count). The molecule has 0 aliphatic carbocycles. The van der Waals surface area contributed by atoms with Gasteiger partial charge in [0.25, 0.3) is 0 Å². The molecule has 0 bridgehead atoms. The monoisotopic (exact) mass is 115 g/mol. The molecule has 0 spiro atoms. The summed E-state index contributed by atoms with van der Waals surface area (Å²) in [6, 6.07) is 0. The summed E-state index contributed by atoms with van der Waals surface area (Å²) in [5.74, 6) is -0.394. The highest BCUT2D eigenvalue weighted by atomic mass is 19.1. The van der Waals surface area contributed by atoms with Crippen LogP contribution in [0.1, 0.15) is 13.8 Å². The molecular formula is C6H10FN. The molecule has 0 aromatic heterocycles. The molecule has 46 valence electrons. The van der Waals surface area contributed by atoms with Gasteiger partial charge < -0.3 is 0 Å². The van der Waals surface area contributed by atoms with Crippen LogP contribution in [0, 0.1) is 0 Å². The Morgan fingerprint density at radius 3 is 2.75 bits per heavy atom. The van der Waals surface area contributed by atoms with E-state index < -0.39 is 5.97 Å². The molecule has 0 aromatic rings. The van der Waals surface area contributed by atoms with Gasteiger partial charge >= 0.3 is 0 Å². The SMILES string of the molecule is C/C=C\C(F)=N/CC. The number of allylic oxidation sites excluding steroid dienone is 2. The number of rotatable bonds is 2. The molecule has 0 atom stereocenters. The van der Waals surface area contributed by atoms with Gasteiger partial charge in [0.05, 0.1) is 0 Å². The van der Waals surface area contributed by atoms with Crippen molar-refractivity contribution in [1.82, 2.24) is 0 Å². The van der Waals surface area contributed by atoms with Crippen molar-refractivity contribution >= 4 is 5.97 Å². The van der Waals surface area contributed by atoms with Crippen LogP contribution in [0.2, 0.25) is 0 Å². The molecule has 0 aliphatic rings. The topological polar surface area (TPSA) is 12.4 Å². The highest BCUT2D eigenvalue weighted by molar-refractivity contribution is 5.86. The van der Waals surface area contributed by atoms with Gasteiger partial charge in [0, 0.05) is 6.54 Å². The Morgan fingerprint density at radius 1 is 1.75 bits per heavy atom. The molecule has 2 heteroatoms. The molecule has 0 radical (unpaired) electrons. The first-order chi connectivity index (χ1) is 3.81. The fraction of sp³-hybridized carbons (Fsp3) is 0.500. The van der Waals surface area contributed by atoms with E-state index in [0.717, 1.165) is 0 Å². The summed E-state index contributed by atoms with van der Waals surface area (Å²) in [7, 11) is 0. The summed E-state index contributed by atoms with van der Waals surface area (Å²) in [5.41, 5.74) is 0. The van der Waals surface area contributed by atoms with Gasteiger partial charge in [-0.3, -0.25) is 4.99 Å². The minimum Gasteiger partial charge on any atom is -0.258 e. The lowest BCUT2D eigenvalue weighted by atomic mass is 10.5. The van der Waals surface area contributed by atoms with Gasteiger partial charge in [0.1, 0.15) is 0 Å². The lowest BCUT2D eigenvalue weighted by Gasteiger charge is -1.80. The summed E-state index contributed by atoms with van der Waals surface area (Å²) in [4.78, 5) is 3.48. The van der Waals surface area contributed by atoms with Crippen LogP contribution >= 0.6 is 0 Å². The predicted octanol–water partition coefficient (Wildman–Crippen LogP) is 1.95. The summed E-state index contributed by atoms with van der Waals surface area (Å²) < 4.78 is 12.1. The van der Waals surface area contributed by atoms with Crippen molar-refractivity contribution in [2.75, 3.05) is 6.54 Å². The van der Waals surface area contributed by atoms with Crippen LogP contribution in [-0.2, 0) is 0 Å². The maximum Gasteiger partial charge on any atom is 0.207 e. The van der Waals surface area contributed by atoms with Gasteiger partial charge in [0.2, 0.25) is 5.97 Å². The summed E-state index contributed by atoms with van der Waals surface area (Å²) in [6.07, 6.45) is 2.96. The van der Waals surface area contributed by atoms with E-state index in [9.17, 15) is 4.39 Å². The van der Waals surface area contributed by atoms with E-state index in [0.29, 0.717) is 6.54 Å². The van der Waals surface area contributed by atoms with Crippen molar-refractivity contribution in [3.8, 4) is 0 Å². The third kappa shape index (κ3) is 3.53. The lowest BCUT2D eigenvalue weighted by molar-refractivity contribution is 0.800. The average Bonchev–Trinajstić information content (AvgIpc) is 1.68. The zero-order valence-corrected chi connectivity index (χ0v) is 5.19. The summed E-state index contributed by atoms with van der Waals surface area (Å²) in [6.45, 7) is 4.06. The standard InChI is InChI=1S/C6H10FN/c1-3-5-6(7)8-4-2/h3,5H,4H2,1-2H3/b5-3-,8-6+. The molecule has 0 aliphatic heterocycles. The second kappa shape index (κ2) is 4.50. The molecule has 0 saturated carbocycles. The Balaban J connectivity index is 3.61. The highest BCUT2D eigenvalue weighted by Crippen LogP contribution is 1.82. The van der Waals surface area contributed by atoms with E-state index in [4.69, 9.17) is 0 Å². The molecule has 0 heterocycles. The maximum absolute atomic E-state index is 12.1. The number of hydrogen-bond donors (Lipinski definition) is 0. The molecule has 0 fully saturated rings. The van der Waals surface area contributed by atoms with E-state index >= 15 is 0 Å². The molecule has 0 unspecified atom stereocenters. The van der Waals surface area contributed by atoms with Crippen molar-refractivity contribution < 1.29 is 4.39 Å². The molecule has 0 amide bonds. The van der Waals surface area contributed by atoms with Crippen molar-refractivity contribution in [1.29, 1.82) is 0 Å². The molecule has 1 nitrogen and oxygen atoms in total. The van der Waals surface area contributed by atoms with Crippen LogP contribution in [0.25, 0.3) is 0 Å². The molecular weight excluding hydrogens is 105 g/mol. The van der Waals surface area contributed by atoms with Crippen LogP contribution in [0.15, 0.2) is 17.1 Å². The van der Waals surface area contributed by atoms with E-state index in [1.165, 1.54) is 6.08 Å². The fourth-order valence-corrected chi connectivity index (χ4v) is 0.341. The first-order valence-corrected chi connectivity index (χ1v) is 2.64. The van der Waals surface area contributed by atoms with E-state index in [-0.39, 0.29) is 0 Å². The molecule has 0 saturated heterocycles. The summed E-state index contributed by atoms with van der Waals surface area (Å²) in [5, 5.41) is 0. The quantitative estimate of drug-likeness (QED) is 0.488. The Labute approximate surface area is 48.9 Å². The van der Waals surface area contributed by atoms with Gasteiger partial charge in [-0.05, 0) is 19.9 Å². The van der Waals surface area contributed by atoms with E-state index in [2.05, 4.69) is 4.99 Å². The maximum atomic E-state index is 12.1. The van der Waals surface area contributed by atoms with Crippen LogP contribution < -0.4 is 0 Å². The summed E-state index contributed by atoms with van der Waals surface area (Å²) >= 11 is 0. The van der Waals surface area contributed by atoms with E-state index in [1.54, 1.807) is 19.9 Å². The van der Waals surface area contributed by atoms with Crippen molar-refractivity contribution in [2.24, 2.45) is 4.99 Å². The van der Waals surface area contributed by atoms with Crippen molar-refractivity contribution in [2.45, 2.75) is 13.8 Å². The zero-order chi connectivity index (χ0) is 6.41. The average molecular weight is 115 g/mol. The second-order valence-electron chi connectivity index (χ2n) is 1.30. The van der Waals surface area contributed by atoms with E-state index in [1.807, 2.05) is 0 Å². The van der Waals surface area contributed by atoms with Gasteiger partial charge in [0.15, 0.2) is 0 Å². The molecule has 8 heavy (non-hydrogen) atoms. The molecule has 0 N–H and O–H groups in total. The normalized spacial score (nSPS) is 13.1. The zero-order valence-electron chi connectivity index (χ0n) is 5.19. The van der Waals surface area contributed by atoms with Gasteiger partial charge in [-0.1, -0.05) is 6.08 Å². The molecule has 0 aromatic carbocycles. The van der Waals surface area contributed by atoms with Gasteiger partial charge in [-0.25, -0.2) is 0 Å².